The van der Waals surface area contributed by atoms with Crippen LogP contribution < -0.4 is 5.32 Å². The van der Waals surface area contributed by atoms with Crippen molar-refractivity contribution in [3.63, 3.8) is 0 Å². The minimum absolute atomic E-state index is 0.274. The fraction of sp³-hybridized carbons (Fsp3) is 0.0833. The van der Waals surface area contributed by atoms with Gasteiger partial charge in [0.25, 0.3) is 0 Å². The van der Waals surface area contributed by atoms with Crippen LogP contribution in [0.4, 0.5) is 15.9 Å². The second-order valence-corrected chi connectivity index (χ2v) is 3.71. The number of benzene rings is 1. The highest BCUT2D eigenvalue weighted by atomic mass is 32.1. The highest BCUT2D eigenvalue weighted by molar-refractivity contribution is 7.79. The minimum Gasteiger partial charge on any atom is -0.340 e. The Hall–Kier alpha value is -1.88. The van der Waals surface area contributed by atoms with Gasteiger partial charge in [0.1, 0.15) is 17.5 Å². The molecule has 5 heteroatoms. The summed E-state index contributed by atoms with van der Waals surface area (Å²) in [4.78, 5) is 8.31. The number of anilines is 2. The Labute approximate surface area is 104 Å². The van der Waals surface area contributed by atoms with Crippen LogP contribution in [0.5, 0.6) is 0 Å². The van der Waals surface area contributed by atoms with E-state index in [2.05, 4.69) is 15.3 Å². The molecule has 0 aliphatic carbocycles. The molecular weight excluding hydrogens is 237 g/mol. The molecule has 0 unspecified atom stereocenters. The fourth-order valence-corrected chi connectivity index (χ4v) is 1.51. The zero-order chi connectivity index (χ0) is 12.3. The molecule has 0 saturated heterocycles. The van der Waals surface area contributed by atoms with E-state index < -0.39 is 0 Å². The summed E-state index contributed by atoms with van der Waals surface area (Å²) in [6.45, 7) is 1.79. The second kappa shape index (κ2) is 4.97. The topological polar surface area (TPSA) is 37.8 Å². The molecule has 0 aliphatic rings. The molecular formula is C12H10FN3S. The first-order valence-electron chi connectivity index (χ1n) is 5.00. The van der Waals surface area contributed by atoms with Crippen molar-refractivity contribution in [3.8, 4) is 0 Å². The van der Waals surface area contributed by atoms with E-state index in [1.165, 1.54) is 17.5 Å². The first kappa shape index (κ1) is 11.6. The van der Waals surface area contributed by atoms with E-state index in [0.29, 0.717) is 11.6 Å². The number of hydrogen-bond acceptors (Lipinski definition) is 4. The van der Waals surface area contributed by atoms with Crippen LogP contribution >= 0.6 is 12.2 Å². The molecule has 0 radical (unpaired) electrons. The standard InChI is InChI=1S/C12H10FN3S/c1-8-14-6-9(7-17)12(15-8)16-11-4-2-10(13)3-5-11/h2-7H,1H3,(H,14,15,16). The highest BCUT2D eigenvalue weighted by Crippen LogP contribution is 2.17. The number of halogens is 1. The molecule has 0 atom stereocenters. The molecule has 86 valence electrons. The van der Waals surface area contributed by atoms with Crippen LogP contribution in [0.1, 0.15) is 11.4 Å². The molecule has 1 N–H and O–H groups in total. The van der Waals surface area contributed by atoms with Crippen LogP contribution in [0.15, 0.2) is 30.5 Å². The van der Waals surface area contributed by atoms with Gasteiger partial charge < -0.3 is 5.32 Å². The summed E-state index contributed by atoms with van der Waals surface area (Å²) in [5, 5.41) is 4.58. The largest absolute Gasteiger partial charge is 0.340 e. The number of aryl methyl sites for hydroxylation is 1. The van der Waals surface area contributed by atoms with Gasteiger partial charge in [-0.1, -0.05) is 12.2 Å². The van der Waals surface area contributed by atoms with Crippen LogP contribution in [-0.2, 0) is 0 Å². The third-order valence-electron chi connectivity index (χ3n) is 2.17. The van der Waals surface area contributed by atoms with Crippen LogP contribution in [0, 0.1) is 12.7 Å². The van der Waals surface area contributed by atoms with Gasteiger partial charge in [-0.3, -0.25) is 0 Å². The molecule has 2 rings (SSSR count). The molecule has 0 spiro atoms. The van der Waals surface area contributed by atoms with Crippen molar-refractivity contribution in [1.82, 2.24) is 9.97 Å². The van der Waals surface area contributed by atoms with E-state index in [9.17, 15) is 4.39 Å². The van der Waals surface area contributed by atoms with E-state index >= 15 is 0 Å². The average molecular weight is 247 g/mol. The van der Waals surface area contributed by atoms with E-state index in [1.54, 1.807) is 25.3 Å². The Morgan fingerprint density at radius 3 is 2.65 bits per heavy atom. The lowest BCUT2D eigenvalue weighted by Crippen LogP contribution is -2.01. The number of aromatic nitrogens is 2. The highest BCUT2D eigenvalue weighted by Gasteiger charge is 2.03. The maximum absolute atomic E-state index is 12.8. The number of thiocarbonyl (C=S) groups is 1. The molecule has 0 fully saturated rings. The maximum Gasteiger partial charge on any atom is 0.142 e. The van der Waals surface area contributed by atoms with Gasteiger partial charge in [-0.25, -0.2) is 14.4 Å². The van der Waals surface area contributed by atoms with Crippen molar-refractivity contribution < 1.29 is 4.39 Å². The summed E-state index contributed by atoms with van der Waals surface area (Å²) < 4.78 is 12.8. The Kier molecular flexibility index (Phi) is 3.39. The molecule has 0 aliphatic heterocycles. The Bertz CT molecular complexity index is 540. The van der Waals surface area contributed by atoms with Crippen LogP contribution in [0.25, 0.3) is 0 Å². The molecule has 3 nitrogen and oxygen atoms in total. The normalized spacial score (nSPS) is 10.0. The lowest BCUT2D eigenvalue weighted by Gasteiger charge is -2.08. The smallest absolute Gasteiger partial charge is 0.142 e. The Morgan fingerprint density at radius 1 is 1.29 bits per heavy atom. The summed E-state index contributed by atoms with van der Waals surface area (Å²) in [6.07, 6.45) is 1.65. The van der Waals surface area contributed by atoms with Gasteiger partial charge in [-0.15, -0.1) is 0 Å². The molecule has 0 amide bonds. The monoisotopic (exact) mass is 247 g/mol. The fourth-order valence-electron chi connectivity index (χ4n) is 1.34. The molecule has 0 saturated carbocycles. The molecule has 2 aromatic rings. The number of rotatable bonds is 3. The number of nitrogens with one attached hydrogen (secondary N) is 1. The average Bonchev–Trinajstić information content (AvgIpc) is 2.32. The van der Waals surface area contributed by atoms with Crippen molar-refractivity contribution >= 4 is 29.1 Å². The summed E-state index contributed by atoms with van der Waals surface area (Å²) in [6, 6.07) is 6.04. The number of nitrogens with zero attached hydrogens (tertiary/aromatic N) is 2. The second-order valence-electron chi connectivity index (χ2n) is 3.47. The van der Waals surface area contributed by atoms with Gasteiger partial charge >= 0.3 is 0 Å². The van der Waals surface area contributed by atoms with Gasteiger partial charge in [0.05, 0.1) is 0 Å². The van der Waals surface area contributed by atoms with Gasteiger partial charge in [-0.05, 0) is 31.2 Å². The van der Waals surface area contributed by atoms with Crippen LogP contribution in [0.2, 0.25) is 0 Å². The maximum atomic E-state index is 12.8. The minimum atomic E-state index is -0.274. The zero-order valence-electron chi connectivity index (χ0n) is 9.14. The van der Waals surface area contributed by atoms with E-state index in [0.717, 1.165) is 11.3 Å². The third kappa shape index (κ3) is 2.82. The Balaban J connectivity index is 2.31. The predicted octanol–water partition coefficient (Wildman–Crippen LogP) is 3.02. The van der Waals surface area contributed by atoms with E-state index in [-0.39, 0.29) is 5.82 Å². The third-order valence-corrected chi connectivity index (χ3v) is 2.43. The summed E-state index contributed by atoms with van der Waals surface area (Å²) in [7, 11) is 0. The van der Waals surface area contributed by atoms with Gasteiger partial charge in [0.2, 0.25) is 0 Å². The first-order valence-corrected chi connectivity index (χ1v) is 5.47. The van der Waals surface area contributed by atoms with E-state index in [4.69, 9.17) is 12.2 Å². The quantitative estimate of drug-likeness (QED) is 0.846. The molecule has 1 aromatic carbocycles. The predicted molar refractivity (Wildman–Crippen MR) is 69.2 cm³/mol. The van der Waals surface area contributed by atoms with Crippen molar-refractivity contribution in [2.75, 3.05) is 5.32 Å². The summed E-state index contributed by atoms with van der Waals surface area (Å²) >= 11 is 4.88. The van der Waals surface area contributed by atoms with Crippen molar-refractivity contribution in [3.05, 3.63) is 47.7 Å². The molecule has 0 bridgehead atoms. The lowest BCUT2D eigenvalue weighted by atomic mass is 10.3. The van der Waals surface area contributed by atoms with E-state index in [1.807, 2.05) is 0 Å². The van der Waals surface area contributed by atoms with Crippen molar-refractivity contribution in [1.29, 1.82) is 0 Å². The molecule has 17 heavy (non-hydrogen) atoms. The van der Waals surface area contributed by atoms with Gasteiger partial charge in [0, 0.05) is 22.8 Å². The van der Waals surface area contributed by atoms with Crippen molar-refractivity contribution in [2.24, 2.45) is 0 Å². The Morgan fingerprint density at radius 2 is 2.00 bits per heavy atom. The summed E-state index contributed by atoms with van der Waals surface area (Å²) in [5.74, 6) is 0.999. The summed E-state index contributed by atoms with van der Waals surface area (Å²) in [5.41, 5.74) is 1.48. The zero-order valence-corrected chi connectivity index (χ0v) is 9.96. The van der Waals surface area contributed by atoms with Gasteiger partial charge in [-0.2, -0.15) is 0 Å². The van der Waals surface area contributed by atoms with Gasteiger partial charge in [0.15, 0.2) is 0 Å². The lowest BCUT2D eigenvalue weighted by molar-refractivity contribution is 0.628. The van der Waals surface area contributed by atoms with Crippen LogP contribution in [-0.4, -0.2) is 15.3 Å². The first-order chi connectivity index (χ1) is 8.19. The molecule has 1 heterocycles. The van der Waals surface area contributed by atoms with Crippen LogP contribution in [0.3, 0.4) is 0 Å². The SMILES string of the molecule is Cc1ncc(C=S)c(Nc2ccc(F)cc2)n1. The number of hydrogen-bond donors (Lipinski definition) is 1. The van der Waals surface area contributed by atoms with Crippen molar-refractivity contribution in [2.45, 2.75) is 6.92 Å². The molecule has 1 aromatic heterocycles.